The normalized spacial score (nSPS) is 9.83. The van der Waals surface area contributed by atoms with Crippen LogP contribution in [0.3, 0.4) is 0 Å². The van der Waals surface area contributed by atoms with Crippen LogP contribution in [0.15, 0.2) is 30.9 Å². The lowest BCUT2D eigenvalue weighted by Gasteiger charge is -2.09. The number of hydrogen-bond acceptors (Lipinski definition) is 8. The highest BCUT2D eigenvalue weighted by Crippen LogP contribution is 2.19. The standard InChI is InChI=1S/C15H16O8/c1-2-13(18)23-12-8-10(14(19)21-5-3-16)7-11(9-12)15(20)22-6-4-17/h2,7-9,16-17H,1,3-6H2. The van der Waals surface area contributed by atoms with Gasteiger partial charge < -0.3 is 24.4 Å². The fraction of sp³-hybridized carbons (Fsp3) is 0.267. The number of aliphatic hydroxyl groups is 2. The third-order valence-corrected chi connectivity index (χ3v) is 2.41. The molecule has 0 saturated carbocycles. The Bertz CT molecular complexity index is 555. The second-order valence-electron chi connectivity index (χ2n) is 4.09. The molecule has 0 atom stereocenters. The minimum atomic E-state index is -0.813. The molecule has 0 aromatic heterocycles. The zero-order chi connectivity index (χ0) is 17.2. The molecule has 2 N–H and O–H groups in total. The third-order valence-electron chi connectivity index (χ3n) is 2.41. The summed E-state index contributed by atoms with van der Waals surface area (Å²) in [5.74, 6) is -2.48. The van der Waals surface area contributed by atoms with E-state index >= 15 is 0 Å². The van der Waals surface area contributed by atoms with Crippen LogP contribution in [0.4, 0.5) is 0 Å². The molecule has 1 aromatic carbocycles. The Morgan fingerprint density at radius 3 is 1.83 bits per heavy atom. The quantitative estimate of drug-likeness (QED) is 0.392. The fourth-order valence-electron chi connectivity index (χ4n) is 1.49. The highest BCUT2D eigenvalue weighted by atomic mass is 16.5. The van der Waals surface area contributed by atoms with Crippen molar-refractivity contribution in [2.75, 3.05) is 26.4 Å². The third kappa shape index (κ3) is 5.89. The first-order valence-corrected chi connectivity index (χ1v) is 6.57. The lowest BCUT2D eigenvalue weighted by Crippen LogP contribution is -2.13. The molecule has 8 nitrogen and oxygen atoms in total. The molecule has 0 unspecified atom stereocenters. The van der Waals surface area contributed by atoms with E-state index in [1.54, 1.807) is 0 Å². The average Bonchev–Trinajstić information content (AvgIpc) is 2.56. The van der Waals surface area contributed by atoms with Gasteiger partial charge in [0.15, 0.2) is 0 Å². The summed E-state index contributed by atoms with van der Waals surface area (Å²) in [6.45, 7) is 2.08. The minimum Gasteiger partial charge on any atom is -0.460 e. The van der Waals surface area contributed by atoms with Crippen molar-refractivity contribution in [3.63, 3.8) is 0 Å². The Labute approximate surface area is 131 Å². The lowest BCUT2D eigenvalue weighted by atomic mass is 10.1. The van der Waals surface area contributed by atoms with Crippen molar-refractivity contribution in [1.82, 2.24) is 0 Å². The Morgan fingerprint density at radius 1 is 0.957 bits per heavy atom. The summed E-state index contributed by atoms with van der Waals surface area (Å²) >= 11 is 0. The van der Waals surface area contributed by atoms with Gasteiger partial charge in [0.1, 0.15) is 19.0 Å². The second kappa shape index (κ2) is 9.34. The number of carbonyl (C=O) groups is 3. The molecule has 0 aliphatic carbocycles. The summed E-state index contributed by atoms with van der Waals surface area (Å²) in [6.07, 6.45) is 0.917. The highest BCUT2D eigenvalue weighted by molar-refractivity contribution is 5.96. The lowest BCUT2D eigenvalue weighted by molar-refractivity contribution is -0.128. The van der Waals surface area contributed by atoms with E-state index in [4.69, 9.17) is 24.4 Å². The van der Waals surface area contributed by atoms with Crippen LogP contribution in [0, 0.1) is 0 Å². The summed E-state index contributed by atoms with van der Waals surface area (Å²) in [7, 11) is 0. The maximum Gasteiger partial charge on any atom is 0.338 e. The van der Waals surface area contributed by atoms with Crippen LogP contribution < -0.4 is 4.74 Å². The van der Waals surface area contributed by atoms with Gasteiger partial charge in [-0.15, -0.1) is 0 Å². The summed E-state index contributed by atoms with van der Waals surface area (Å²) < 4.78 is 14.4. The molecule has 0 fully saturated rings. The number of rotatable bonds is 8. The molecule has 0 aliphatic rings. The van der Waals surface area contributed by atoms with Crippen molar-refractivity contribution in [3.05, 3.63) is 42.0 Å². The van der Waals surface area contributed by atoms with Gasteiger partial charge in [-0.2, -0.15) is 0 Å². The number of carbonyl (C=O) groups excluding carboxylic acids is 3. The largest absolute Gasteiger partial charge is 0.460 e. The first kappa shape index (κ1) is 18.3. The van der Waals surface area contributed by atoms with Crippen LogP contribution in [-0.4, -0.2) is 54.5 Å². The molecule has 0 bridgehead atoms. The van der Waals surface area contributed by atoms with Crippen LogP contribution in [0.1, 0.15) is 20.7 Å². The molecule has 1 aromatic rings. The molecule has 0 amide bonds. The van der Waals surface area contributed by atoms with Gasteiger partial charge in [0, 0.05) is 6.08 Å². The van der Waals surface area contributed by atoms with Crippen molar-refractivity contribution < 1.29 is 38.8 Å². The summed E-state index contributed by atoms with van der Waals surface area (Å²) in [4.78, 5) is 34.9. The monoisotopic (exact) mass is 324 g/mol. The molecule has 8 heteroatoms. The molecule has 124 valence electrons. The first-order chi connectivity index (χ1) is 11.0. The van der Waals surface area contributed by atoms with Crippen molar-refractivity contribution >= 4 is 17.9 Å². The number of ether oxygens (including phenoxy) is 3. The number of esters is 3. The zero-order valence-corrected chi connectivity index (χ0v) is 12.2. The predicted octanol–water partition coefficient (Wildman–Crippen LogP) is 0.0762. The molecule has 0 radical (unpaired) electrons. The van der Waals surface area contributed by atoms with E-state index in [9.17, 15) is 14.4 Å². The van der Waals surface area contributed by atoms with E-state index in [-0.39, 0.29) is 43.3 Å². The van der Waals surface area contributed by atoms with E-state index in [0.29, 0.717) is 0 Å². The van der Waals surface area contributed by atoms with Gasteiger partial charge in [0.2, 0.25) is 0 Å². The van der Waals surface area contributed by atoms with Crippen LogP contribution in [0.25, 0.3) is 0 Å². The smallest absolute Gasteiger partial charge is 0.338 e. The Balaban J connectivity index is 3.10. The van der Waals surface area contributed by atoms with Crippen molar-refractivity contribution in [3.8, 4) is 5.75 Å². The molecule has 23 heavy (non-hydrogen) atoms. The molecular weight excluding hydrogens is 308 g/mol. The Hall–Kier alpha value is -2.71. The van der Waals surface area contributed by atoms with Crippen LogP contribution in [-0.2, 0) is 14.3 Å². The van der Waals surface area contributed by atoms with E-state index in [1.807, 2.05) is 0 Å². The van der Waals surface area contributed by atoms with Gasteiger partial charge in [-0.25, -0.2) is 14.4 Å². The second-order valence-corrected chi connectivity index (χ2v) is 4.09. The molecule has 0 aliphatic heterocycles. The van der Waals surface area contributed by atoms with E-state index in [2.05, 4.69) is 6.58 Å². The molecule has 1 rings (SSSR count). The maximum atomic E-state index is 11.8. The molecule has 0 saturated heterocycles. The van der Waals surface area contributed by atoms with E-state index < -0.39 is 17.9 Å². The number of aliphatic hydroxyl groups excluding tert-OH is 2. The summed E-state index contributed by atoms with van der Waals surface area (Å²) in [5, 5.41) is 17.3. The summed E-state index contributed by atoms with van der Waals surface area (Å²) in [5.41, 5.74) is -0.132. The molecule has 0 heterocycles. The van der Waals surface area contributed by atoms with Crippen LogP contribution >= 0.6 is 0 Å². The Kier molecular flexibility index (Phi) is 7.44. The Morgan fingerprint density at radius 2 is 1.43 bits per heavy atom. The van der Waals surface area contributed by atoms with Gasteiger partial charge >= 0.3 is 17.9 Å². The first-order valence-electron chi connectivity index (χ1n) is 6.57. The van der Waals surface area contributed by atoms with Gasteiger partial charge in [0.25, 0.3) is 0 Å². The highest BCUT2D eigenvalue weighted by Gasteiger charge is 2.16. The van der Waals surface area contributed by atoms with Crippen molar-refractivity contribution in [2.45, 2.75) is 0 Å². The minimum absolute atomic E-state index is 0.0660. The maximum absolute atomic E-state index is 11.8. The van der Waals surface area contributed by atoms with E-state index in [1.165, 1.54) is 18.2 Å². The van der Waals surface area contributed by atoms with Gasteiger partial charge in [0.05, 0.1) is 24.3 Å². The SMILES string of the molecule is C=CC(=O)Oc1cc(C(=O)OCCO)cc(C(=O)OCCO)c1. The number of hydrogen-bond donors (Lipinski definition) is 2. The predicted molar refractivity (Wildman–Crippen MR) is 77.0 cm³/mol. The van der Waals surface area contributed by atoms with Crippen molar-refractivity contribution in [1.29, 1.82) is 0 Å². The average molecular weight is 324 g/mol. The fourth-order valence-corrected chi connectivity index (χ4v) is 1.49. The zero-order valence-electron chi connectivity index (χ0n) is 12.2. The van der Waals surface area contributed by atoms with Gasteiger partial charge in [-0.3, -0.25) is 0 Å². The van der Waals surface area contributed by atoms with Gasteiger partial charge in [-0.05, 0) is 18.2 Å². The van der Waals surface area contributed by atoms with Crippen molar-refractivity contribution in [2.24, 2.45) is 0 Å². The summed E-state index contributed by atoms with van der Waals surface area (Å²) in [6, 6.07) is 3.58. The van der Waals surface area contributed by atoms with Crippen LogP contribution in [0.5, 0.6) is 5.75 Å². The van der Waals surface area contributed by atoms with Gasteiger partial charge in [-0.1, -0.05) is 6.58 Å². The van der Waals surface area contributed by atoms with E-state index in [0.717, 1.165) is 6.08 Å². The topological polar surface area (TPSA) is 119 Å². The number of benzene rings is 1. The molecule has 0 spiro atoms. The van der Waals surface area contributed by atoms with Crippen LogP contribution in [0.2, 0.25) is 0 Å². The molecular formula is C15H16O8.